The Kier molecular flexibility index (Phi) is 6.33. The van der Waals surface area contributed by atoms with Gasteiger partial charge in [-0.15, -0.1) is 0 Å². The lowest BCUT2D eigenvalue weighted by atomic mass is 9.83. The number of aliphatic carboxylic acids is 1. The number of amides is 1. The van der Waals surface area contributed by atoms with Crippen molar-refractivity contribution in [3.63, 3.8) is 0 Å². The molecule has 0 aliphatic heterocycles. The van der Waals surface area contributed by atoms with E-state index in [1.165, 1.54) is 12.1 Å². The number of carbonyl (C=O) groups excluding carboxylic acids is 1. The van der Waals surface area contributed by atoms with E-state index >= 15 is 0 Å². The van der Waals surface area contributed by atoms with Gasteiger partial charge in [-0.2, -0.15) is 0 Å². The molecule has 0 heterocycles. The summed E-state index contributed by atoms with van der Waals surface area (Å²) in [7, 11) is 0. The molecule has 26 heavy (non-hydrogen) atoms. The molecule has 0 bridgehead atoms. The highest BCUT2D eigenvalue weighted by molar-refractivity contribution is 5.98. The highest BCUT2D eigenvalue weighted by Gasteiger charge is 2.30. The summed E-state index contributed by atoms with van der Waals surface area (Å²) in [6.45, 7) is 3.78. The van der Waals surface area contributed by atoms with Crippen molar-refractivity contribution in [3.05, 3.63) is 59.9 Å². The van der Waals surface area contributed by atoms with Crippen molar-refractivity contribution >= 4 is 17.6 Å². The molecule has 2 N–H and O–H groups in total. The first kappa shape index (κ1) is 19.4. The Morgan fingerprint density at radius 1 is 1.15 bits per heavy atom. The van der Waals surface area contributed by atoms with E-state index in [4.69, 9.17) is 9.84 Å². The highest BCUT2D eigenvalue weighted by atomic mass is 19.1. The van der Waals surface area contributed by atoms with Crippen molar-refractivity contribution in [1.29, 1.82) is 0 Å². The monoisotopic (exact) mass is 359 g/mol. The van der Waals surface area contributed by atoms with E-state index in [2.05, 4.69) is 5.32 Å². The van der Waals surface area contributed by atoms with Crippen molar-refractivity contribution < 1.29 is 23.8 Å². The average molecular weight is 359 g/mol. The van der Waals surface area contributed by atoms with E-state index in [1.807, 2.05) is 0 Å². The fourth-order valence-corrected chi connectivity index (χ4v) is 2.34. The summed E-state index contributed by atoms with van der Waals surface area (Å²) in [5, 5.41) is 11.4. The van der Waals surface area contributed by atoms with Crippen molar-refractivity contribution in [3.8, 4) is 5.75 Å². The number of hydrogen-bond acceptors (Lipinski definition) is 3. The van der Waals surface area contributed by atoms with Crippen LogP contribution in [-0.2, 0) is 15.0 Å². The number of carbonyl (C=O) groups is 2. The van der Waals surface area contributed by atoms with Gasteiger partial charge in [0.15, 0.2) is 0 Å². The molecule has 138 valence electrons. The van der Waals surface area contributed by atoms with Crippen molar-refractivity contribution in [2.24, 2.45) is 0 Å². The summed E-state index contributed by atoms with van der Waals surface area (Å²) >= 11 is 0. The van der Waals surface area contributed by atoms with Crippen LogP contribution < -0.4 is 10.1 Å². The first-order valence-corrected chi connectivity index (χ1v) is 8.31. The molecule has 1 amide bonds. The molecule has 0 aromatic heterocycles. The lowest BCUT2D eigenvalue weighted by Gasteiger charge is -2.24. The minimum absolute atomic E-state index is 0.0588. The van der Waals surface area contributed by atoms with Gasteiger partial charge in [0.1, 0.15) is 11.6 Å². The Morgan fingerprint density at radius 3 is 2.46 bits per heavy atom. The Balaban J connectivity index is 1.95. The average Bonchev–Trinajstić information content (AvgIpc) is 2.60. The quantitative estimate of drug-likeness (QED) is 0.699. The molecule has 0 radical (unpaired) electrons. The molecule has 0 saturated heterocycles. The smallest absolute Gasteiger partial charge is 0.303 e. The van der Waals surface area contributed by atoms with E-state index in [9.17, 15) is 14.0 Å². The predicted octanol–water partition coefficient (Wildman–Crippen LogP) is 3.99. The van der Waals surface area contributed by atoms with Crippen LogP contribution in [0.15, 0.2) is 48.5 Å². The van der Waals surface area contributed by atoms with E-state index < -0.39 is 11.4 Å². The van der Waals surface area contributed by atoms with Crippen LogP contribution in [0.1, 0.15) is 32.3 Å². The molecule has 6 heteroatoms. The molecule has 0 atom stereocenters. The Morgan fingerprint density at radius 2 is 1.85 bits per heavy atom. The zero-order valence-electron chi connectivity index (χ0n) is 14.8. The summed E-state index contributed by atoms with van der Waals surface area (Å²) in [5.74, 6) is -0.892. The zero-order chi connectivity index (χ0) is 19.2. The molecule has 0 fully saturated rings. The van der Waals surface area contributed by atoms with Gasteiger partial charge in [0.25, 0.3) is 0 Å². The topological polar surface area (TPSA) is 75.6 Å². The molecule has 0 aliphatic carbocycles. The third-order valence-corrected chi connectivity index (χ3v) is 4.03. The van der Waals surface area contributed by atoms with E-state index in [-0.39, 0.29) is 18.1 Å². The standard InChI is InChI=1S/C20H22FNO4/c1-20(2,14-5-3-6-15(21)13-14)19(25)22-16-8-10-17(11-9-16)26-12-4-7-18(23)24/h3,5-6,8-11,13H,4,7,12H2,1-2H3,(H,22,25)(H,23,24). The maximum absolute atomic E-state index is 13.4. The van der Waals surface area contributed by atoms with Gasteiger partial charge >= 0.3 is 5.97 Å². The van der Waals surface area contributed by atoms with Gasteiger partial charge in [0, 0.05) is 12.1 Å². The number of carboxylic acids is 1. The zero-order valence-corrected chi connectivity index (χ0v) is 14.8. The van der Waals surface area contributed by atoms with Gasteiger partial charge in [-0.3, -0.25) is 9.59 Å². The maximum Gasteiger partial charge on any atom is 0.303 e. The number of benzene rings is 2. The number of halogens is 1. The number of anilines is 1. The molecule has 0 aliphatic rings. The van der Waals surface area contributed by atoms with Crippen LogP contribution in [-0.4, -0.2) is 23.6 Å². The minimum atomic E-state index is -0.895. The molecule has 0 spiro atoms. The van der Waals surface area contributed by atoms with Crippen LogP contribution in [0.5, 0.6) is 5.75 Å². The van der Waals surface area contributed by atoms with E-state index in [0.29, 0.717) is 30.0 Å². The number of rotatable bonds is 8. The highest BCUT2D eigenvalue weighted by Crippen LogP contribution is 2.26. The van der Waals surface area contributed by atoms with Gasteiger partial charge < -0.3 is 15.2 Å². The van der Waals surface area contributed by atoms with Gasteiger partial charge in [0.2, 0.25) is 5.91 Å². The Bertz CT molecular complexity index is 772. The molecule has 2 rings (SSSR count). The second-order valence-electron chi connectivity index (χ2n) is 6.46. The van der Waals surface area contributed by atoms with E-state index in [0.717, 1.165) is 0 Å². The molecule has 5 nitrogen and oxygen atoms in total. The summed E-state index contributed by atoms with van der Waals surface area (Å²) < 4.78 is 18.9. The van der Waals surface area contributed by atoms with Gasteiger partial charge in [0.05, 0.1) is 12.0 Å². The maximum atomic E-state index is 13.4. The third kappa shape index (κ3) is 5.31. The molecule has 0 unspecified atom stereocenters. The first-order valence-electron chi connectivity index (χ1n) is 8.31. The minimum Gasteiger partial charge on any atom is -0.494 e. The molecule has 0 saturated carbocycles. The molecule has 2 aromatic carbocycles. The summed E-state index contributed by atoms with van der Waals surface area (Å²) in [4.78, 5) is 23.0. The van der Waals surface area contributed by atoms with Gasteiger partial charge in [-0.05, 0) is 62.2 Å². The van der Waals surface area contributed by atoms with Gasteiger partial charge in [-0.25, -0.2) is 4.39 Å². The molecular formula is C20H22FNO4. The van der Waals surface area contributed by atoms with Crippen LogP contribution in [0.2, 0.25) is 0 Å². The number of carboxylic acid groups (broad SMARTS) is 1. The fourth-order valence-electron chi connectivity index (χ4n) is 2.34. The van der Waals surface area contributed by atoms with Crippen LogP contribution >= 0.6 is 0 Å². The second-order valence-corrected chi connectivity index (χ2v) is 6.46. The number of ether oxygens (including phenoxy) is 1. The fraction of sp³-hybridized carbons (Fsp3) is 0.300. The number of nitrogens with one attached hydrogen (secondary N) is 1. The largest absolute Gasteiger partial charge is 0.494 e. The Labute approximate surface area is 151 Å². The molecule has 2 aromatic rings. The van der Waals surface area contributed by atoms with Crippen LogP contribution in [0.3, 0.4) is 0 Å². The summed E-state index contributed by atoms with van der Waals surface area (Å²) in [5.41, 5.74) is 0.291. The predicted molar refractivity (Wildman–Crippen MR) is 96.9 cm³/mol. The second kappa shape index (κ2) is 8.47. The van der Waals surface area contributed by atoms with Crippen molar-refractivity contribution in [1.82, 2.24) is 0 Å². The van der Waals surface area contributed by atoms with Crippen LogP contribution in [0, 0.1) is 5.82 Å². The van der Waals surface area contributed by atoms with Crippen LogP contribution in [0.25, 0.3) is 0 Å². The van der Waals surface area contributed by atoms with Crippen LogP contribution in [0.4, 0.5) is 10.1 Å². The molecular weight excluding hydrogens is 337 g/mol. The summed E-state index contributed by atoms with van der Waals surface area (Å²) in [6.07, 6.45) is 0.485. The Hall–Kier alpha value is -2.89. The summed E-state index contributed by atoms with van der Waals surface area (Å²) in [6, 6.07) is 12.8. The normalized spacial score (nSPS) is 11.0. The lowest BCUT2D eigenvalue weighted by Crippen LogP contribution is -2.34. The third-order valence-electron chi connectivity index (χ3n) is 4.03. The van der Waals surface area contributed by atoms with E-state index in [1.54, 1.807) is 50.2 Å². The SMILES string of the molecule is CC(C)(C(=O)Nc1ccc(OCCCC(=O)O)cc1)c1cccc(F)c1. The first-order chi connectivity index (χ1) is 12.3. The van der Waals surface area contributed by atoms with Crippen molar-refractivity contribution in [2.45, 2.75) is 32.1 Å². The van der Waals surface area contributed by atoms with Crippen molar-refractivity contribution in [2.75, 3.05) is 11.9 Å². The van der Waals surface area contributed by atoms with Gasteiger partial charge in [-0.1, -0.05) is 12.1 Å². The number of hydrogen-bond donors (Lipinski definition) is 2. The lowest BCUT2D eigenvalue weighted by molar-refractivity contribution is -0.137.